The predicted octanol–water partition coefficient (Wildman–Crippen LogP) is 4.31. The van der Waals surface area contributed by atoms with Crippen molar-refractivity contribution in [2.24, 2.45) is 0 Å². The molecular formula is C30H33N5O3. The van der Waals surface area contributed by atoms with Crippen LogP contribution in [0.25, 0.3) is 11.0 Å². The molecule has 0 aliphatic heterocycles. The van der Waals surface area contributed by atoms with E-state index in [0.717, 1.165) is 42.3 Å². The highest BCUT2D eigenvalue weighted by molar-refractivity contribution is 5.89. The fourth-order valence-electron chi connectivity index (χ4n) is 5.18. The molecule has 0 bridgehead atoms. The summed E-state index contributed by atoms with van der Waals surface area (Å²) in [6.07, 6.45) is 4.73. The molecule has 3 aromatic carbocycles. The number of hydrogen-bond donors (Lipinski definition) is 1. The van der Waals surface area contributed by atoms with Gasteiger partial charge in [0.05, 0.1) is 12.6 Å². The van der Waals surface area contributed by atoms with E-state index in [1.807, 2.05) is 78.9 Å². The molecule has 196 valence electrons. The van der Waals surface area contributed by atoms with Gasteiger partial charge in [-0.25, -0.2) is 4.68 Å². The van der Waals surface area contributed by atoms with Crippen LogP contribution in [-0.4, -0.2) is 51.4 Å². The molecule has 0 radical (unpaired) electrons. The average molecular weight is 512 g/mol. The molecule has 1 aliphatic rings. The van der Waals surface area contributed by atoms with Crippen LogP contribution in [0.2, 0.25) is 0 Å². The number of nitrogens with one attached hydrogen (secondary N) is 1. The van der Waals surface area contributed by atoms with Crippen molar-refractivity contribution >= 4 is 22.8 Å². The molecule has 5 rings (SSSR count). The van der Waals surface area contributed by atoms with Gasteiger partial charge in [-0.2, -0.15) is 0 Å². The molecule has 38 heavy (non-hydrogen) atoms. The molecule has 1 aromatic heterocycles. The lowest BCUT2D eigenvalue weighted by Crippen LogP contribution is -2.47. The number of fused-ring (bicyclic) bond motifs is 1. The van der Waals surface area contributed by atoms with E-state index in [2.05, 4.69) is 15.6 Å². The van der Waals surface area contributed by atoms with E-state index in [0.29, 0.717) is 24.3 Å². The van der Waals surface area contributed by atoms with Crippen molar-refractivity contribution in [3.05, 3.63) is 90.0 Å². The highest BCUT2D eigenvalue weighted by Gasteiger charge is 2.33. The number of amides is 2. The van der Waals surface area contributed by atoms with Gasteiger partial charge in [0.1, 0.15) is 23.9 Å². The van der Waals surface area contributed by atoms with Crippen LogP contribution in [0, 0.1) is 0 Å². The first-order valence-electron chi connectivity index (χ1n) is 13.2. The molecule has 2 amide bonds. The molecule has 8 heteroatoms. The van der Waals surface area contributed by atoms with Crippen molar-refractivity contribution in [1.29, 1.82) is 0 Å². The lowest BCUT2D eigenvalue weighted by molar-refractivity contribution is -0.141. The Morgan fingerprint density at radius 2 is 1.79 bits per heavy atom. The van der Waals surface area contributed by atoms with Crippen LogP contribution in [0.15, 0.2) is 78.9 Å². The number of aromatic nitrogens is 3. The van der Waals surface area contributed by atoms with Crippen molar-refractivity contribution in [3.63, 3.8) is 0 Å². The fourth-order valence-corrected chi connectivity index (χ4v) is 5.18. The van der Waals surface area contributed by atoms with Crippen molar-refractivity contribution in [2.75, 3.05) is 13.7 Å². The zero-order chi connectivity index (χ0) is 26.3. The maximum atomic E-state index is 14.0. The van der Waals surface area contributed by atoms with Crippen LogP contribution in [0.3, 0.4) is 0 Å². The van der Waals surface area contributed by atoms with Gasteiger partial charge in [-0.15, -0.1) is 5.10 Å². The number of ether oxygens (including phenoxy) is 1. The standard InChI is InChI=1S/C30H33N5O3/c1-38-25-15-9-12-23(20-25)29(30(37)31-24-13-5-6-14-24)34(19-18-22-10-3-2-4-11-22)28(36)21-35-27-17-8-7-16-26(27)32-33-35/h2-4,7-12,15-17,20,24,29H,5-6,13-14,18-19,21H2,1H3,(H,31,37)/t29-/m0/s1. The lowest BCUT2D eigenvalue weighted by atomic mass is 10.0. The summed E-state index contributed by atoms with van der Waals surface area (Å²) in [6.45, 7) is 0.349. The van der Waals surface area contributed by atoms with Gasteiger partial charge in [0.25, 0.3) is 0 Å². The highest BCUT2D eigenvalue weighted by Crippen LogP contribution is 2.28. The van der Waals surface area contributed by atoms with E-state index in [1.54, 1.807) is 16.7 Å². The Hall–Kier alpha value is -4.20. The highest BCUT2D eigenvalue weighted by atomic mass is 16.5. The maximum absolute atomic E-state index is 14.0. The topological polar surface area (TPSA) is 89.4 Å². The Morgan fingerprint density at radius 3 is 2.58 bits per heavy atom. The molecule has 4 aromatic rings. The first kappa shape index (κ1) is 25.4. The molecule has 0 saturated heterocycles. The van der Waals surface area contributed by atoms with Gasteiger partial charge in [-0.05, 0) is 54.7 Å². The van der Waals surface area contributed by atoms with E-state index in [9.17, 15) is 9.59 Å². The van der Waals surface area contributed by atoms with Gasteiger partial charge in [0.2, 0.25) is 11.8 Å². The second-order valence-electron chi connectivity index (χ2n) is 9.73. The third-order valence-corrected chi connectivity index (χ3v) is 7.18. The normalized spacial score (nSPS) is 14.3. The smallest absolute Gasteiger partial charge is 0.247 e. The van der Waals surface area contributed by atoms with Crippen molar-refractivity contribution in [1.82, 2.24) is 25.2 Å². The molecular weight excluding hydrogens is 478 g/mol. The second kappa shape index (κ2) is 11.9. The monoisotopic (exact) mass is 511 g/mol. The quantitative estimate of drug-likeness (QED) is 0.343. The van der Waals surface area contributed by atoms with Crippen molar-refractivity contribution < 1.29 is 14.3 Å². The molecule has 0 spiro atoms. The van der Waals surface area contributed by atoms with E-state index in [4.69, 9.17) is 4.74 Å². The Morgan fingerprint density at radius 1 is 1.03 bits per heavy atom. The summed E-state index contributed by atoms with van der Waals surface area (Å²) in [5.41, 5.74) is 3.30. The number of benzene rings is 3. The Kier molecular flexibility index (Phi) is 7.97. The molecule has 1 saturated carbocycles. The van der Waals surface area contributed by atoms with Gasteiger partial charge in [0.15, 0.2) is 0 Å². The zero-order valence-electron chi connectivity index (χ0n) is 21.6. The number of rotatable bonds is 10. The van der Waals surface area contributed by atoms with E-state index in [1.165, 1.54) is 0 Å². The molecule has 1 fully saturated rings. The largest absolute Gasteiger partial charge is 0.497 e. The summed E-state index contributed by atoms with van der Waals surface area (Å²) in [6, 6.07) is 24.3. The van der Waals surface area contributed by atoms with Crippen LogP contribution in [0.4, 0.5) is 0 Å². The number of carbonyl (C=O) groups excluding carboxylic acids is 2. The van der Waals surface area contributed by atoms with E-state index < -0.39 is 6.04 Å². The van der Waals surface area contributed by atoms with Crippen LogP contribution in [0.1, 0.15) is 42.9 Å². The van der Waals surface area contributed by atoms with Crippen LogP contribution in [0.5, 0.6) is 5.75 Å². The first-order chi connectivity index (χ1) is 18.6. The molecule has 1 N–H and O–H groups in total. The maximum Gasteiger partial charge on any atom is 0.247 e. The first-order valence-corrected chi connectivity index (χ1v) is 13.2. The Bertz CT molecular complexity index is 1380. The SMILES string of the molecule is COc1cccc([C@@H](C(=O)NC2CCCC2)N(CCc2ccccc2)C(=O)Cn2nnc3ccccc32)c1. The lowest BCUT2D eigenvalue weighted by Gasteiger charge is -2.32. The zero-order valence-corrected chi connectivity index (χ0v) is 21.6. The molecule has 1 atom stereocenters. The minimum Gasteiger partial charge on any atom is -0.497 e. The van der Waals surface area contributed by atoms with Crippen LogP contribution < -0.4 is 10.1 Å². The van der Waals surface area contributed by atoms with Crippen LogP contribution >= 0.6 is 0 Å². The van der Waals surface area contributed by atoms with E-state index in [-0.39, 0.29) is 24.4 Å². The Balaban J connectivity index is 1.50. The van der Waals surface area contributed by atoms with Crippen molar-refractivity contribution in [3.8, 4) is 5.75 Å². The summed E-state index contributed by atoms with van der Waals surface area (Å²) in [4.78, 5) is 29.6. The summed E-state index contributed by atoms with van der Waals surface area (Å²) >= 11 is 0. The third-order valence-electron chi connectivity index (χ3n) is 7.18. The van der Waals surface area contributed by atoms with Crippen LogP contribution in [-0.2, 0) is 22.6 Å². The van der Waals surface area contributed by atoms with Gasteiger partial charge in [-0.3, -0.25) is 9.59 Å². The minimum absolute atomic E-state index is 0.0213. The molecule has 8 nitrogen and oxygen atoms in total. The summed E-state index contributed by atoms with van der Waals surface area (Å²) < 4.78 is 7.07. The fraction of sp³-hybridized carbons (Fsp3) is 0.333. The summed E-state index contributed by atoms with van der Waals surface area (Å²) in [5.74, 6) is 0.264. The number of para-hydroxylation sites is 1. The molecule has 1 heterocycles. The van der Waals surface area contributed by atoms with Gasteiger partial charge >= 0.3 is 0 Å². The van der Waals surface area contributed by atoms with Gasteiger partial charge in [0, 0.05) is 12.6 Å². The second-order valence-corrected chi connectivity index (χ2v) is 9.73. The summed E-state index contributed by atoms with van der Waals surface area (Å²) in [7, 11) is 1.60. The Labute approximate surface area is 222 Å². The number of nitrogens with zero attached hydrogens (tertiary/aromatic N) is 4. The third kappa shape index (κ3) is 5.85. The average Bonchev–Trinajstić information content (AvgIpc) is 3.61. The van der Waals surface area contributed by atoms with Crippen molar-refractivity contribution in [2.45, 2.75) is 50.7 Å². The van der Waals surface area contributed by atoms with Gasteiger partial charge in [-0.1, -0.05) is 72.7 Å². The molecule has 0 unspecified atom stereocenters. The minimum atomic E-state index is -0.809. The van der Waals surface area contributed by atoms with E-state index >= 15 is 0 Å². The molecule has 1 aliphatic carbocycles. The predicted molar refractivity (Wildman–Crippen MR) is 146 cm³/mol. The number of carbonyl (C=O) groups is 2. The number of hydrogen-bond acceptors (Lipinski definition) is 5. The number of methoxy groups -OCH3 is 1. The van der Waals surface area contributed by atoms with Gasteiger partial charge < -0.3 is 15.0 Å². The summed E-state index contributed by atoms with van der Waals surface area (Å²) in [5, 5.41) is 11.7.